The summed E-state index contributed by atoms with van der Waals surface area (Å²) in [5.41, 5.74) is 2.37. The number of rotatable bonds is 4. The summed E-state index contributed by atoms with van der Waals surface area (Å²) in [4.78, 5) is 0. The topological polar surface area (TPSA) is 21.3 Å². The van der Waals surface area contributed by atoms with Crippen molar-refractivity contribution in [3.05, 3.63) is 56.5 Å². The van der Waals surface area contributed by atoms with Gasteiger partial charge in [0.15, 0.2) is 0 Å². The van der Waals surface area contributed by atoms with Crippen molar-refractivity contribution in [1.29, 1.82) is 0 Å². The molecule has 1 N–H and O–H groups in total. The van der Waals surface area contributed by atoms with E-state index in [1.807, 2.05) is 38.2 Å². The SMILES string of the molecule is CNCc1ccc(Oc2ccc(Br)c(C)c2)c(Br)c1. The van der Waals surface area contributed by atoms with Crippen LogP contribution in [0.1, 0.15) is 11.1 Å². The lowest BCUT2D eigenvalue weighted by Crippen LogP contribution is -2.04. The Kier molecular flexibility index (Phi) is 5.02. The minimum absolute atomic E-state index is 0.821. The summed E-state index contributed by atoms with van der Waals surface area (Å²) in [6.45, 7) is 2.89. The van der Waals surface area contributed by atoms with Gasteiger partial charge >= 0.3 is 0 Å². The van der Waals surface area contributed by atoms with E-state index in [-0.39, 0.29) is 0 Å². The average Bonchev–Trinajstić information content (AvgIpc) is 2.37. The molecule has 2 aromatic rings. The molecule has 0 aliphatic heterocycles. The molecule has 0 atom stereocenters. The highest BCUT2D eigenvalue weighted by atomic mass is 79.9. The van der Waals surface area contributed by atoms with Crippen LogP contribution in [0.5, 0.6) is 11.5 Å². The molecular weight excluding hydrogens is 370 g/mol. The van der Waals surface area contributed by atoms with Crippen molar-refractivity contribution in [1.82, 2.24) is 5.32 Å². The van der Waals surface area contributed by atoms with Gasteiger partial charge in [0.2, 0.25) is 0 Å². The van der Waals surface area contributed by atoms with E-state index in [1.165, 1.54) is 5.56 Å². The molecule has 0 heterocycles. The van der Waals surface area contributed by atoms with E-state index in [1.54, 1.807) is 0 Å². The summed E-state index contributed by atoms with van der Waals surface area (Å²) in [5, 5.41) is 3.13. The third kappa shape index (κ3) is 3.81. The first-order valence-corrected chi connectivity index (χ1v) is 7.56. The molecule has 2 nitrogen and oxygen atoms in total. The van der Waals surface area contributed by atoms with Crippen LogP contribution in [-0.4, -0.2) is 7.05 Å². The van der Waals surface area contributed by atoms with Crippen LogP contribution in [0.15, 0.2) is 45.3 Å². The zero-order valence-electron chi connectivity index (χ0n) is 10.8. The molecule has 0 aliphatic carbocycles. The molecule has 2 rings (SSSR count). The number of nitrogens with one attached hydrogen (secondary N) is 1. The molecule has 0 fully saturated rings. The maximum absolute atomic E-state index is 5.89. The van der Waals surface area contributed by atoms with Crippen LogP contribution in [0, 0.1) is 6.92 Å². The van der Waals surface area contributed by atoms with Gasteiger partial charge in [-0.15, -0.1) is 0 Å². The van der Waals surface area contributed by atoms with E-state index >= 15 is 0 Å². The van der Waals surface area contributed by atoms with Crippen LogP contribution in [0.25, 0.3) is 0 Å². The van der Waals surface area contributed by atoms with Gasteiger partial charge in [-0.1, -0.05) is 22.0 Å². The Bertz CT molecular complexity index is 584. The maximum Gasteiger partial charge on any atom is 0.141 e. The van der Waals surface area contributed by atoms with Crippen molar-refractivity contribution in [2.45, 2.75) is 13.5 Å². The lowest BCUT2D eigenvalue weighted by molar-refractivity contribution is 0.479. The molecule has 0 amide bonds. The monoisotopic (exact) mass is 383 g/mol. The molecule has 0 aliphatic rings. The molecule has 0 saturated heterocycles. The fourth-order valence-electron chi connectivity index (χ4n) is 1.75. The van der Waals surface area contributed by atoms with Gasteiger partial charge in [0, 0.05) is 11.0 Å². The first-order valence-electron chi connectivity index (χ1n) is 5.97. The number of benzene rings is 2. The van der Waals surface area contributed by atoms with Crippen LogP contribution < -0.4 is 10.1 Å². The normalized spacial score (nSPS) is 10.5. The molecule has 0 unspecified atom stereocenters. The number of ether oxygens (including phenoxy) is 1. The first kappa shape index (κ1) is 14.6. The number of halogens is 2. The molecule has 0 spiro atoms. The predicted octanol–water partition coefficient (Wildman–Crippen LogP) is 5.03. The standard InChI is InChI=1S/C15H15Br2NO/c1-10-7-12(4-5-13(10)16)19-15-6-3-11(9-18-2)8-14(15)17/h3-8,18H,9H2,1-2H3. The van der Waals surface area contributed by atoms with Crippen molar-refractivity contribution in [3.63, 3.8) is 0 Å². The molecule has 4 heteroatoms. The lowest BCUT2D eigenvalue weighted by Gasteiger charge is -2.10. The summed E-state index contributed by atoms with van der Waals surface area (Å²) in [6, 6.07) is 12.1. The average molecular weight is 385 g/mol. The van der Waals surface area contributed by atoms with E-state index in [9.17, 15) is 0 Å². The summed E-state index contributed by atoms with van der Waals surface area (Å²) in [5.74, 6) is 1.66. The lowest BCUT2D eigenvalue weighted by atomic mass is 10.2. The fourth-order valence-corrected chi connectivity index (χ4v) is 2.50. The second kappa shape index (κ2) is 6.55. The molecule has 0 saturated carbocycles. The van der Waals surface area contributed by atoms with Crippen molar-refractivity contribution in [3.8, 4) is 11.5 Å². The zero-order chi connectivity index (χ0) is 13.8. The second-order valence-corrected chi connectivity index (χ2v) is 6.02. The smallest absolute Gasteiger partial charge is 0.141 e. The van der Waals surface area contributed by atoms with E-state index < -0.39 is 0 Å². The third-order valence-electron chi connectivity index (χ3n) is 2.73. The van der Waals surface area contributed by atoms with Crippen molar-refractivity contribution in [2.24, 2.45) is 0 Å². The van der Waals surface area contributed by atoms with E-state index in [4.69, 9.17) is 4.74 Å². The quantitative estimate of drug-likeness (QED) is 0.797. The molecule has 0 aromatic heterocycles. The Morgan fingerprint density at radius 3 is 2.47 bits per heavy atom. The number of aryl methyl sites for hydroxylation is 1. The predicted molar refractivity (Wildman–Crippen MR) is 85.9 cm³/mol. The summed E-state index contributed by atoms with van der Waals surface area (Å²) in [7, 11) is 1.93. The first-order chi connectivity index (χ1) is 9.10. The van der Waals surface area contributed by atoms with Crippen LogP contribution in [0.2, 0.25) is 0 Å². The van der Waals surface area contributed by atoms with Crippen LogP contribution in [0.3, 0.4) is 0 Å². The Morgan fingerprint density at radius 2 is 1.84 bits per heavy atom. The van der Waals surface area contributed by atoms with Crippen LogP contribution in [-0.2, 0) is 6.54 Å². The van der Waals surface area contributed by atoms with Crippen molar-refractivity contribution < 1.29 is 4.74 Å². The maximum atomic E-state index is 5.89. The highest BCUT2D eigenvalue weighted by Crippen LogP contribution is 2.32. The van der Waals surface area contributed by atoms with E-state index in [0.717, 1.165) is 32.6 Å². The van der Waals surface area contributed by atoms with Gasteiger partial charge in [0.05, 0.1) is 4.47 Å². The van der Waals surface area contributed by atoms with Gasteiger partial charge in [-0.25, -0.2) is 0 Å². The molecule has 100 valence electrons. The molecular formula is C15H15Br2NO. The van der Waals surface area contributed by atoms with Crippen molar-refractivity contribution in [2.75, 3.05) is 7.05 Å². The van der Waals surface area contributed by atoms with E-state index in [0.29, 0.717) is 0 Å². The number of hydrogen-bond donors (Lipinski definition) is 1. The molecule has 0 bridgehead atoms. The fraction of sp³-hybridized carbons (Fsp3) is 0.200. The highest BCUT2D eigenvalue weighted by molar-refractivity contribution is 9.10. The largest absolute Gasteiger partial charge is 0.456 e. The molecule has 19 heavy (non-hydrogen) atoms. The minimum Gasteiger partial charge on any atom is -0.456 e. The molecule has 0 radical (unpaired) electrons. The van der Waals surface area contributed by atoms with Gasteiger partial charge in [-0.2, -0.15) is 0 Å². The third-order valence-corrected chi connectivity index (χ3v) is 4.24. The summed E-state index contributed by atoms with van der Waals surface area (Å²) < 4.78 is 7.94. The van der Waals surface area contributed by atoms with Crippen LogP contribution >= 0.6 is 31.9 Å². The minimum atomic E-state index is 0.821. The Hall–Kier alpha value is -0.840. The highest BCUT2D eigenvalue weighted by Gasteiger charge is 2.05. The van der Waals surface area contributed by atoms with E-state index in [2.05, 4.69) is 49.3 Å². The van der Waals surface area contributed by atoms with Crippen molar-refractivity contribution >= 4 is 31.9 Å². The van der Waals surface area contributed by atoms with Gasteiger partial charge in [-0.3, -0.25) is 0 Å². The summed E-state index contributed by atoms with van der Waals surface area (Å²) >= 11 is 7.03. The van der Waals surface area contributed by atoms with Gasteiger partial charge in [-0.05, 0) is 71.4 Å². The Balaban J connectivity index is 2.20. The van der Waals surface area contributed by atoms with Gasteiger partial charge < -0.3 is 10.1 Å². The van der Waals surface area contributed by atoms with Gasteiger partial charge in [0.1, 0.15) is 11.5 Å². The second-order valence-electron chi connectivity index (χ2n) is 4.31. The van der Waals surface area contributed by atoms with Gasteiger partial charge in [0.25, 0.3) is 0 Å². The summed E-state index contributed by atoms with van der Waals surface area (Å²) in [6.07, 6.45) is 0. The molecule has 2 aromatic carbocycles. The zero-order valence-corrected chi connectivity index (χ0v) is 14.0. The Labute approximate surface area is 130 Å². The van der Waals surface area contributed by atoms with Crippen LogP contribution in [0.4, 0.5) is 0 Å². The number of hydrogen-bond acceptors (Lipinski definition) is 2. The Morgan fingerprint density at radius 1 is 1.05 bits per heavy atom.